The maximum Gasteiger partial charge on any atom is 0.363 e. The second-order valence-electron chi connectivity index (χ2n) is 5.69. The van der Waals surface area contributed by atoms with Gasteiger partial charge in [-0.2, -0.15) is 0 Å². The Balaban J connectivity index is 1.81. The first kappa shape index (κ1) is 15.1. The van der Waals surface area contributed by atoms with Gasteiger partial charge in [-0.3, -0.25) is 9.36 Å². The van der Waals surface area contributed by atoms with Crippen molar-refractivity contribution in [2.24, 2.45) is 4.99 Å². The van der Waals surface area contributed by atoms with Gasteiger partial charge in [0.15, 0.2) is 5.70 Å². The quantitative estimate of drug-likeness (QED) is 0.532. The Kier molecular flexibility index (Phi) is 3.54. The Morgan fingerprint density at radius 3 is 2.56 bits per heavy atom. The average molecular weight is 330 g/mol. The third-order valence-electron chi connectivity index (χ3n) is 4.02. The number of esters is 1. The number of cyclic esters (lactones) is 1. The van der Waals surface area contributed by atoms with Crippen LogP contribution in [0.4, 0.5) is 0 Å². The first-order chi connectivity index (χ1) is 12.1. The van der Waals surface area contributed by atoms with Crippen LogP contribution in [0.25, 0.3) is 17.0 Å². The van der Waals surface area contributed by atoms with E-state index in [1.807, 2.05) is 54.6 Å². The van der Waals surface area contributed by atoms with Gasteiger partial charge in [0.1, 0.15) is 0 Å². The van der Waals surface area contributed by atoms with E-state index < -0.39 is 5.97 Å². The molecule has 122 valence electrons. The lowest BCUT2D eigenvalue weighted by Crippen LogP contribution is -2.04. The molecule has 2 aromatic carbocycles. The fourth-order valence-electron chi connectivity index (χ4n) is 2.84. The normalized spacial score (nSPS) is 15.5. The number of fused-ring (bicyclic) bond motifs is 1. The lowest BCUT2D eigenvalue weighted by atomic mass is 10.1. The molecule has 0 spiro atoms. The molecule has 5 nitrogen and oxygen atoms in total. The van der Waals surface area contributed by atoms with Gasteiger partial charge in [0.25, 0.3) is 0 Å². The first-order valence-corrected chi connectivity index (χ1v) is 7.82. The summed E-state index contributed by atoms with van der Waals surface area (Å²) >= 11 is 0. The van der Waals surface area contributed by atoms with Gasteiger partial charge >= 0.3 is 5.97 Å². The van der Waals surface area contributed by atoms with Crippen LogP contribution < -0.4 is 0 Å². The van der Waals surface area contributed by atoms with E-state index in [1.54, 1.807) is 16.8 Å². The Morgan fingerprint density at radius 1 is 1.08 bits per heavy atom. The molecule has 0 saturated carbocycles. The monoisotopic (exact) mass is 330 g/mol. The molecule has 25 heavy (non-hydrogen) atoms. The van der Waals surface area contributed by atoms with Gasteiger partial charge in [0, 0.05) is 29.6 Å². The van der Waals surface area contributed by atoms with Crippen LogP contribution >= 0.6 is 0 Å². The van der Waals surface area contributed by atoms with Crippen LogP contribution in [0.2, 0.25) is 0 Å². The third-order valence-corrected chi connectivity index (χ3v) is 4.02. The predicted molar refractivity (Wildman–Crippen MR) is 95.3 cm³/mol. The minimum atomic E-state index is -0.501. The third kappa shape index (κ3) is 2.65. The summed E-state index contributed by atoms with van der Waals surface area (Å²) in [7, 11) is 0. The van der Waals surface area contributed by atoms with Crippen LogP contribution in [0.5, 0.6) is 0 Å². The molecule has 0 unspecified atom stereocenters. The topological polar surface area (TPSA) is 60.7 Å². The van der Waals surface area contributed by atoms with Crippen molar-refractivity contribution in [2.45, 2.75) is 6.92 Å². The number of nitrogens with zero attached hydrogens (tertiary/aromatic N) is 2. The Bertz CT molecular complexity index is 1060. The number of carbonyl (C=O) groups excluding carboxylic acids is 2. The fraction of sp³-hybridized carbons (Fsp3) is 0.0500. The molecular formula is C20H14N2O3. The highest BCUT2D eigenvalue weighted by Gasteiger charge is 2.24. The van der Waals surface area contributed by atoms with E-state index in [-0.39, 0.29) is 17.5 Å². The molecule has 2 heterocycles. The number of aromatic nitrogens is 1. The van der Waals surface area contributed by atoms with Crippen LogP contribution in [-0.2, 0) is 9.53 Å². The molecule has 5 heteroatoms. The van der Waals surface area contributed by atoms with Crippen LogP contribution in [-0.4, -0.2) is 22.3 Å². The molecule has 0 amide bonds. The number of rotatable bonds is 2. The van der Waals surface area contributed by atoms with Crippen LogP contribution in [0.3, 0.4) is 0 Å². The van der Waals surface area contributed by atoms with Crippen LogP contribution in [0, 0.1) is 0 Å². The van der Waals surface area contributed by atoms with Gasteiger partial charge in [-0.1, -0.05) is 36.4 Å². The smallest absolute Gasteiger partial charge is 0.363 e. The van der Waals surface area contributed by atoms with Crippen LogP contribution in [0.1, 0.15) is 22.8 Å². The minimum Gasteiger partial charge on any atom is -0.402 e. The van der Waals surface area contributed by atoms with Gasteiger partial charge in [0.2, 0.25) is 11.8 Å². The molecule has 0 atom stereocenters. The van der Waals surface area contributed by atoms with E-state index in [2.05, 4.69) is 4.99 Å². The molecule has 0 fully saturated rings. The lowest BCUT2D eigenvalue weighted by molar-refractivity contribution is -0.129. The van der Waals surface area contributed by atoms with Crippen molar-refractivity contribution in [1.29, 1.82) is 0 Å². The molecule has 4 rings (SSSR count). The Morgan fingerprint density at radius 2 is 1.80 bits per heavy atom. The largest absolute Gasteiger partial charge is 0.402 e. The summed E-state index contributed by atoms with van der Waals surface area (Å²) in [6.45, 7) is 1.50. The molecule has 0 N–H and O–H groups in total. The number of para-hydroxylation sites is 1. The van der Waals surface area contributed by atoms with Crippen molar-refractivity contribution in [3.05, 3.63) is 77.6 Å². The summed E-state index contributed by atoms with van der Waals surface area (Å²) in [5, 5.41) is 0.876. The Hall–Kier alpha value is -3.47. The number of hydrogen-bond acceptors (Lipinski definition) is 4. The molecule has 0 aliphatic carbocycles. The second kappa shape index (κ2) is 5.87. The predicted octanol–water partition coefficient (Wildman–Crippen LogP) is 3.65. The first-order valence-electron chi connectivity index (χ1n) is 7.82. The van der Waals surface area contributed by atoms with E-state index in [4.69, 9.17) is 4.74 Å². The SMILES string of the molecule is CC(=O)n1cc(/C=C2/N=C(c3ccccc3)OC2=O)c2ccccc21. The molecular weight excluding hydrogens is 316 g/mol. The molecule has 1 aliphatic rings. The van der Waals surface area contributed by atoms with E-state index in [0.29, 0.717) is 0 Å². The van der Waals surface area contributed by atoms with Crippen molar-refractivity contribution in [3.8, 4) is 0 Å². The van der Waals surface area contributed by atoms with E-state index in [1.165, 1.54) is 6.92 Å². The summed E-state index contributed by atoms with van der Waals surface area (Å²) in [5.41, 5.74) is 2.49. The Labute approximate surface area is 143 Å². The lowest BCUT2D eigenvalue weighted by Gasteiger charge is -1.97. The number of aliphatic imine (C=N–C) groups is 1. The standard InChI is InChI=1S/C20H14N2O3/c1-13(23)22-12-15(16-9-5-6-10-18(16)22)11-17-20(24)25-19(21-17)14-7-3-2-4-8-14/h2-12H,1H3/b17-11+. The van der Waals surface area contributed by atoms with Crippen molar-refractivity contribution in [1.82, 2.24) is 4.57 Å². The highest BCUT2D eigenvalue weighted by molar-refractivity contribution is 6.13. The van der Waals surface area contributed by atoms with Crippen molar-refractivity contribution >= 4 is 34.8 Å². The van der Waals surface area contributed by atoms with Crippen molar-refractivity contribution in [3.63, 3.8) is 0 Å². The van der Waals surface area contributed by atoms with E-state index >= 15 is 0 Å². The van der Waals surface area contributed by atoms with Crippen molar-refractivity contribution < 1.29 is 14.3 Å². The summed E-state index contributed by atoms with van der Waals surface area (Å²) < 4.78 is 6.83. The van der Waals surface area contributed by atoms with E-state index in [0.717, 1.165) is 22.0 Å². The van der Waals surface area contributed by atoms with Crippen LogP contribution in [0.15, 0.2) is 71.5 Å². The molecule has 1 aromatic heterocycles. The minimum absolute atomic E-state index is 0.0941. The van der Waals surface area contributed by atoms with Gasteiger partial charge < -0.3 is 4.74 Å². The molecule has 0 bridgehead atoms. The zero-order chi connectivity index (χ0) is 17.4. The number of carbonyl (C=O) groups is 2. The van der Waals surface area contributed by atoms with E-state index in [9.17, 15) is 9.59 Å². The summed E-state index contributed by atoms with van der Waals surface area (Å²) in [6.07, 6.45) is 3.36. The highest BCUT2D eigenvalue weighted by atomic mass is 16.6. The molecule has 1 aliphatic heterocycles. The summed E-state index contributed by atoms with van der Waals surface area (Å²) in [5.74, 6) is -0.311. The van der Waals surface area contributed by atoms with Gasteiger partial charge in [0.05, 0.1) is 5.52 Å². The number of benzene rings is 2. The van der Waals surface area contributed by atoms with Gasteiger partial charge in [-0.25, -0.2) is 9.79 Å². The summed E-state index contributed by atoms with van der Waals surface area (Å²) in [4.78, 5) is 28.3. The zero-order valence-corrected chi connectivity index (χ0v) is 13.5. The average Bonchev–Trinajstić information content (AvgIpc) is 3.18. The highest BCUT2D eigenvalue weighted by Crippen LogP contribution is 2.26. The number of hydrogen-bond donors (Lipinski definition) is 0. The summed E-state index contributed by atoms with van der Waals surface area (Å²) in [6, 6.07) is 16.8. The fourth-order valence-corrected chi connectivity index (χ4v) is 2.84. The maximum atomic E-state index is 12.2. The molecule has 0 saturated heterocycles. The van der Waals surface area contributed by atoms with Gasteiger partial charge in [-0.15, -0.1) is 0 Å². The number of ether oxygens (including phenoxy) is 1. The zero-order valence-electron chi connectivity index (χ0n) is 13.5. The molecule has 3 aromatic rings. The maximum absolute atomic E-state index is 12.2. The molecule has 0 radical (unpaired) electrons. The van der Waals surface area contributed by atoms with Gasteiger partial charge in [-0.05, 0) is 24.3 Å². The second-order valence-corrected chi connectivity index (χ2v) is 5.69. The van der Waals surface area contributed by atoms with Crippen molar-refractivity contribution in [2.75, 3.05) is 0 Å².